The maximum absolute atomic E-state index is 14.3. The smallest absolute Gasteiger partial charge is 0.408 e. The zero-order valence-electron chi connectivity index (χ0n) is 32.0. The van der Waals surface area contributed by atoms with Gasteiger partial charge >= 0.3 is 12.1 Å². The Balaban J connectivity index is 1.97. The molecule has 0 aliphatic heterocycles. The Morgan fingerprint density at radius 3 is 1.24 bits per heavy atom. The van der Waals surface area contributed by atoms with Gasteiger partial charge in [-0.3, -0.25) is 14.4 Å². The first-order valence-electron chi connectivity index (χ1n) is 17.6. The highest BCUT2D eigenvalue weighted by Gasteiger charge is 2.54. The first-order chi connectivity index (χ1) is 23.7. The van der Waals surface area contributed by atoms with Crippen molar-refractivity contribution in [2.45, 2.75) is 122 Å². The number of carbonyl (C=O) groups excluding carboxylic acids is 4. The molecule has 3 atom stereocenters. The van der Waals surface area contributed by atoms with Crippen molar-refractivity contribution in [1.29, 1.82) is 0 Å². The van der Waals surface area contributed by atoms with E-state index in [0.717, 1.165) is 16.7 Å². The van der Waals surface area contributed by atoms with E-state index in [1.165, 1.54) is 0 Å². The standard InChI is InChI=1S/C41H57N3O6Si/c1-39(2,3)49-38(48)44-33(27-30-22-16-12-17-23-30)36(46)42-32(26-29-20-14-11-15-21-29)35(45)43-34(28-31-24-18-13-19-25-31)37(47)50-51(10,40(4,5)6)41(7,8)9/h11-25,32-34H,26-28H2,1-10H3,(H,42,46)(H,43,45)(H,44,48)/t32-,33-,34-/m0/s1. The van der Waals surface area contributed by atoms with Crippen molar-refractivity contribution in [1.82, 2.24) is 16.0 Å². The van der Waals surface area contributed by atoms with Gasteiger partial charge in [0, 0.05) is 19.3 Å². The van der Waals surface area contributed by atoms with Crippen LogP contribution in [-0.4, -0.2) is 55.9 Å². The molecule has 3 aromatic rings. The van der Waals surface area contributed by atoms with Crippen LogP contribution in [0.15, 0.2) is 91.0 Å². The number of rotatable bonds is 13. The molecular formula is C41H57N3O6Si. The number of hydrogen-bond donors (Lipinski definition) is 3. The SMILES string of the molecule is CC(C)(C)OC(=O)N[C@@H](Cc1ccccc1)C(=O)N[C@@H](Cc1ccccc1)C(=O)N[C@@H](Cc1ccccc1)C(=O)O[Si](C)(C(C)(C)C)C(C)(C)C. The van der Waals surface area contributed by atoms with Crippen molar-refractivity contribution in [3.05, 3.63) is 108 Å². The minimum absolute atomic E-state index is 0.145. The first kappa shape index (κ1) is 41.0. The maximum atomic E-state index is 14.3. The summed E-state index contributed by atoms with van der Waals surface area (Å²) in [6, 6.07) is 24.9. The third kappa shape index (κ3) is 12.4. The van der Waals surface area contributed by atoms with E-state index in [9.17, 15) is 19.2 Å². The van der Waals surface area contributed by atoms with Crippen molar-refractivity contribution in [2.75, 3.05) is 0 Å². The Morgan fingerprint density at radius 1 is 0.549 bits per heavy atom. The number of benzene rings is 3. The third-order valence-corrected chi connectivity index (χ3v) is 15.6. The van der Waals surface area contributed by atoms with E-state index in [4.69, 9.17) is 9.16 Å². The van der Waals surface area contributed by atoms with Gasteiger partial charge in [-0.15, -0.1) is 0 Å². The lowest BCUT2D eigenvalue weighted by Crippen LogP contribution is -2.59. The molecular weight excluding hydrogens is 659 g/mol. The van der Waals surface area contributed by atoms with E-state index >= 15 is 0 Å². The van der Waals surface area contributed by atoms with Crippen LogP contribution < -0.4 is 16.0 Å². The van der Waals surface area contributed by atoms with Gasteiger partial charge in [0.2, 0.25) is 11.8 Å². The van der Waals surface area contributed by atoms with Gasteiger partial charge in [-0.05, 0) is 54.1 Å². The summed E-state index contributed by atoms with van der Waals surface area (Å²) in [5.41, 5.74) is 1.69. The predicted molar refractivity (Wildman–Crippen MR) is 205 cm³/mol. The number of ether oxygens (including phenoxy) is 1. The Kier molecular flexibility index (Phi) is 13.8. The van der Waals surface area contributed by atoms with E-state index in [1.807, 2.05) is 91.0 Å². The van der Waals surface area contributed by atoms with Gasteiger partial charge in [0.15, 0.2) is 0 Å². The molecule has 0 heterocycles. The van der Waals surface area contributed by atoms with Crippen molar-refractivity contribution >= 4 is 32.2 Å². The Bertz CT molecular complexity index is 1580. The van der Waals surface area contributed by atoms with E-state index in [-0.39, 0.29) is 29.3 Å². The molecule has 0 aromatic heterocycles. The van der Waals surface area contributed by atoms with Crippen LogP contribution in [0.25, 0.3) is 0 Å². The summed E-state index contributed by atoms with van der Waals surface area (Å²) >= 11 is 0. The maximum Gasteiger partial charge on any atom is 0.408 e. The summed E-state index contributed by atoms with van der Waals surface area (Å²) in [6.07, 6.45) is -0.241. The second-order valence-electron chi connectivity index (χ2n) is 16.3. The van der Waals surface area contributed by atoms with Crippen LogP contribution in [0.5, 0.6) is 0 Å². The van der Waals surface area contributed by atoms with Crippen molar-refractivity contribution < 1.29 is 28.3 Å². The van der Waals surface area contributed by atoms with E-state index in [1.54, 1.807) is 20.8 Å². The van der Waals surface area contributed by atoms with Gasteiger partial charge < -0.3 is 25.1 Å². The van der Waals surface area contributed by atoms with E-state index < -0.39 is 55.9 Å². The van der Waals surface area contributed by atoms with Crippen LogP contribution in [-0.2, 0) is 42.8 Å². The molecule has 51 heavy (non-hydrogen) atoms. The lowest BCUT2D eigenvalue weighted by atomic mass is 10.0. The summed E-state index contributed by atoms with van der Waals surface area (Å²) in [6.45, 7) is 19.8. The predicted octanol–water partition coefficient (Wildman–Crippen LogP) is 7.30. The number of nitrogens with one attached hydrogen (secondary N) is 3. The minimum atomic E-state index is -2.77. The molecule has 9 nitrogen and oxygen atoms in total. The summed E-state index contributed by atoms with van der Waals surface area (Å²) in [5.74, 6) is -1.62. The molecule has 0 bridgehead atoms. The molecule has 3 aromatic carbocycles. The van der Waals surface area contributed by atoms with Crippen LogP contribution >= 0.6 is 0 Å². The van der Waals surface area contributed by atoms with E-state index in [0.29, 0.717) is 0 Å². The van der Waals surface area contributed by atoms with Crippen molar-refractivity contribution in [2.24, 2.45) is 0 Å². The van der Waals surface area contributed by atoms with Crippen LogP contribution in [0, 0.1) is 0 Å². The average molecular weight is 716 g/mol. The number of carbonyl (C=O) groups is 4. The lowest BCUT2D eigenvalue weighted by Gasteiger charge is -2.48. The molecule has 0 aliphatic rings. The van der Waals surface area contributed by atoms with Gasteiger partial charge in [-0.25, -0.2) is 4.79 Å². The number of alkyl carbamates (subject to hydrolysis) is 1. The van der Waals surface area contributed by atoms with Crippen molar-refractivity contribution in [3.63, 3.8) is 0 Å². The van der Waals surface area contributed by atoms with Gasteiger partial charge in [0.1, 0.15) is 23.7 Å². The topological polar surface area (TPSA) is 123 Å². The van der Waals surface area contributed by atoms with Crippen LogP contribution in [0.2, 0.25) is 16.6 Å². The summed E-state index contributed by atoms with van der Waals surface area (Å²) in [4.78, 5) is 55.4. The fraction of sp³-hybridized carbons (Fsp3) is 0.463. The zero-order valence-corrected chi connectivity index (χ0v) is 33.0. The highest BCUT2D eigenvalue weighted by molar-refractivity contribution is 6.79. The van der Waals surface area contributed by atoms with Gasteiger partial charge in [-0.1, -0.05) is 133 Å². The molecule has 0 spiro atoms. The lowest BCUT2D eigenvalue weighted by molar-refractivity contribution is -0.141. The molecule has 3 amide bonds. The molecule has 3 N–H and O–H groups in total. The second-order valence-corrected chi connectivity index (χ2v) is 21.6. The Labute approximate surface area is 305 Å². The fourth-order valence-corrected chi connectivity index (χ4v) is 9.27. The number of amides is 3. The minimum Gasteiger partial charge on any atom is -0.517 e. The molecule has 0 fully saturated rings. The molecule has 3 rings (SSSR count). The van der Waals surface area contributed by atoms with Crippen LogP contribution in [0.1, 0.15) is 79.0 Å². The van der Waals surface area contributed by atoms with E-state index in [2.05, 4.69) is 64.0 Å². The van der Waals surface area contributed by atoms with Crippen molar-refractivity contribution in [3.8, 4) is 0 Å². The van der Waals surface area contributed by atoms with Gasteiger partial charge in [0.05, 0.1) is 0 Å². The average Bonchev–Trinajstić information content (AvgIpc) is 3.03. The largest absolute Gasteiger partial charge is 0.517 e. The molecule has 0 aliphatic carbocycles. The van der Waals surface area contributed by atoms with Crippen LogP contribution in [0.3, 0.4) is 0 Å². The quantitative estimate of drug-likeness (QED) is 0.160. The summed E-state index contributed by atoms with van der Waals surface area (Å²) in [5, 5.41) is 7.97. The molecule has 0 saturated carbocycles. The van der Waals surface area contributed by atoms with Crippen LogP contribution in [0.4, 0.5) is 4.79 Å². The fourth-order valence-electron chi connectivity index (χ4n) is 5.86. The van der Waals surface area contributed by atoms with Gasteiger partial charge in [0.25, 0.3) is 8.32 Å². The second kappa shape index (κ2) is 17.2. The molecule has 0 unspecified atom stereocenters. The third-order valence-electron chi connectivity index (χ3n) is 9.26. The highest BCUT2D eigenvalue weighted by Crippen LogP contribution is 2.51. The highest BCUT2D eigenvalue weighted by atomic mass is 28.4. The first-order valence-corrected chi connectivity index (χ1v) is 20.0. The number of hydrogen-bond acceptors (Lipinski definition) is 6. The molecule has 0 saturated heterocycles. The summed E-state index contributed by atoms with van der Waals surface area (Å²) in [7, 11) is -2.77. The Hall–Kier alpha value is -4.44. The zero-order chi connectivity index (χ0) is 38.0. The monoisotopic (exact) mass is 715 g/mol. The van der Waals surface area contributed by atoms with Gasteiger partial charge in [-0.2, -0.15) is 0 Å². The molecule has 10 heteroatoms. The molecule has 0 radical (unpaired) electrons. The molecule has 276 valence electrons. The Morgan fingerprint density at radius 2 is 0.882 bits per heavy atom. The normalized spacial score (nSPS) is 14.0. The summed E-state index contributed by atoms with van der Waals surface area (Å²) < 4.78 is 12.0.